The Morgan fingerprint density at radius 3 is 2.36 bits per heavy atom. The number of benzene rings is 1. The zero-order chi connectivity index (χ0) is 19.2. The van der Waals surface area contributed by atoms with Gasteiger partial charge in [-0.2, -0.15) is 13.2 Å². The van der Waals surface area contributed by atoms with Gasteiger partial charge in [0, 0.05) is 11.3 Å². The van der Waals surface area contributed by atoms with Crippen LogP contribution in [0, 0.1) is 0 Å². The van der Waals surface area contributed by atoms with Crippen molar-refractivity contribution in [2.24, 2.45) is 16.5 Å². The summed E-state index contributed by atoms with van der Waals surface area (Å²) in [5.41, 5.74) is 10.2. The molecule has 10 heteroatoms. The van der Waals surface area contributed by atoms with Gasteiger partial charge < -0.3 is 16.2 Å². The molecule has 25 heavy (non-hydrogen) atoms. The Morgan fingerprint density at radius 1 is 1.24 bits per heavy atom. The maximum Gasteiger partial charge on any atom is 0.408 e. The summed E-state index contributed by atoms with van der Waals surface area (Å²) in [6, 6.07) is 6.09. The number of hydrogen-bond donors (Lipinski definition) is 2. The second-order valence-corrected chi connectivity index (χ2v) is 5.26. The SMILES string of the molecule is CC(N)=C(C(=O)OCC(=O)c1ccccc1Cl)C(N)=NCC(F)(F)F. The molecule has 6 nitrogen and oxygen atoms in total. The van der Waals surface area contributed by atoms with Crippen LogP contribution in [0.3, 0.4) is 0 Å². The van der Waals surface area contributed by atoms with Crippen molar-refractivity contribution in [2.75, 3.05) is 13.2 Å². The van der Waals surface area contributed by atoms with Crippen molar-refractivity contribution in [2.45, 2.75) is 13.1 Å². The van der Waals surface area contributed by atoms with Gasteiger partial charge in [-0.25, -0.2) is 4.79 Å². The van der Waals surface area contributed by atoms with Gasteiger partial charge in [0.1, 0.15) is 18.0 Å². The first kappa shape index (κ1) is 20.5. The minimum absolute atomic E-state index is 0.130. The fraction of sp³-hybridized carbons (Fsp3) is 0.267. The van der Waals surface area contributed by atoms with Crippen LogP contribution >= 0.6 is 11.6 Å². The predicted molar refractivity (Wildman–Crippen MR) is 86.2 cm³/mol. The van der Waals surface area contributed by atoms with Crippen LogP contribution in [0.2, 0.25) is 5.02 Å². The molecular formula is C15H15ClF3N3O3. The molecule has 136 valence electrons. The molecule has 0 aliphatic rings. The number of hydrogen-bond acceptors (Lipinski definition) is 5. The summed E-state index contributed by atoms with van der Waals surface area (Å²) in [4.78, 5) is 27.0. The molecule has 0 aromatic heterocycles. The van der Waals surface area contributed by atoms with E-state index in [1.807, 2.05) is 0 Å². The molecule has 0 spiro atoms. The van der Waals surface area contributed by atoms with Gasteiger partial charge in [0.15, 0.2) is 6.61 Å². The van der Waals surface area contributed by atoms with Crippen molar-refractivity contribution in [1.29, 1.82) is 0 Å². The van der Waals surface area contributed by atoms with E-state index in [9.17, 15) is 22.8 Å². The van der Waals surface area contributed by atoms with Crippen molar-refractivity contribution in [3.8, 4) is 0 Å². The number of rotatable bonds is 6. The quantitative estimate of drug-likeness (QED) is 0.260. The molecule has 0 saturated heterocycles. The number of allylic oxidation sites excluding steroid dienone is 1. The van der Waals surface area contributed by atoms with E-state index in [1.54, 1.807) is 12.1 Å². The first-order valence-electron chi connectivity index (χ1n) is 6.81. The van der Waals surface area contributed by atoms with Gasteiger partial charge in [0.25, 0.3) is 0 Å². The molecule has 1 aromatic carbocycles. The number of ketones is 1. The summed E-state index contributed by atoms with van der Waals surface area (Å²) in [5, 5.41) is 0.167. The summed E-state index contributed by atoms with van der Waals surface area (Å²) < 4.78 is 41.3. The van der Waals surface area contributed by atoms with Gasteiger partial charge in [-0.05, 0) is 19.1 Å². The lowest BCUT2D eigenvalue weighted by molar-refractivity contribution is -0.137. The van der Waals surface area contributed by atoms with Crippen molar-refractivity contribution in [3.63, 3.8) is 0 Å². The lowest BCUT2D eigenvalue weighted by atomic mass is 10.1. The van der Waals surface area contributed by atoms with Crippen LogP contribution in [0.1, 0.15) is 17.3 Å². The minimum atomic E-state index is -4.60. The van der Waals surface area contributed by atoms with Crippen molar-refractivity contribution >= 4 is 29.2 Å². The number of carbonyl (C=O) groups is 2. The van der Waals surface area contributed by atoms with E-state index in [2.05, 4.69) is 4.99 Å². The Hall–Kier alpha value is -2.55. The molecular weight excluding hydrogens is 363 g/mol. The Labute approximate surface area is 146 Å². The molecule has 0 heterocycles. The largest absolute Gasteiger partial charge is 0.454 e. The number of carbonyl (C=O) groups excluding carboxylic acids is 2. The van der Waals surface area contributed by atoms with Crippen LogP contribution in [0.5, 0.6) is 0 Å². The number of nitrogens with two attached hydrogens (primary N) is 2. The van der Waals surface area contributed by atoms with E-state index in [0.717, 1.165) is 0 Å². The van der Waals surface area contributed by atoms with E-state index >= 15 is 0 Å². The van der Waals surface area contributed by atoms with Crippen LogP contribution in [0.4, 0.5) is 13.2 Å². The van der Waals surface area contributed by atoms with Crippen LogP contribution in [-0.2, 0) is 9.53 Å². The molecule has 0 aliphatic carbocycles. The van der Waals surface area contributed by atoms with Gasteiger partial charge in [0.05, 0.1) is 5.02 Å². The monoisotopic (exact) mass is 377 g/mol. The van der Waals surface area contributed by atoms with E-state index < -0.39 is 42.5 Å². The van der Waals surface area contributed by atoms with Crippen molar-refractivity contribution in [3.05, 3.63) is 46.1 Å². The number of alkyl halides is 3. The zero-order valence-electron chi connectivity index (χ0n) is 13.1. The number of aliphatic imine (C=N–C) groups is 1. The molecule has 1 rings (SSSR count). The maximum atomic E-state index is 12.2. The second-order valence-electron chi connectivity index (χ2n) is 4.85. The number of esters is 1. The summed E-state index contributed by atoms with van der Waals surface area (Å²) >= 11 is 5.85. The van der Waals surface area contributed by atoms with Crippen molar-refractivity contribution in [1.82, 2.24) is 0 Å². The van der Waals surface area contributed by atoms with Crippen molar-refractivity contribution < 1.29 is 27.5 Å². The molecule has 0 saturated carbocycles. The third-order valence-electron chi connectivity index (χ3n) is 2.79. The van der Waals surface area contributed by atoms with E-state index in [1.165, 1.54) is 19.1 Å². The highest BCUT2D eigenvalue weighted by molar-refractivity contribution is 6.34. The lowest BCUT2D eigenvalue weighted by Gasteiger charge is -2.10. The van der Waals surface area contributed by atoms with E-state index in [-0.39, 0.29) is 16.3 Å². The molecule has 0 bridgehead atoms. The van der Waals surface area contributed by atoms with Crippen LogP contribution < -0.4 is 11.5 Å². The first-order valence-corrected chi connectivity index (χ1v) is 7.19. The van der Waals surface area contributed by atoms with Gasteiger partial charge in [-0.15, -0.1) is 0 Å². The third kappa shape index (κ3) is 6.46. The first-order chi connectivity index (χ1) is 11.5. The van der Waals surface area contributed by atoms with Crippen LogP contribution in [-0.4, -0.2) is 36.9 Å². The molecule has 0 amide bonds. The number of amidine groups is 1. The Kier molecular flexibility index (Phi) is 6.98. The van der Waals surface area contributed by atoms with Gasteiger partial charge in [0.2, 0.25) is 5.78 Å². The Morgan fingerprint density at radius 2 is 1.84 bits per heavy atom. The predicted octanol–water partition coefficient (Wildman–Crippen LogP) is 2.22. The average Bonchev–Trinajstić information content (AvgIpc) is 2.50. The summed E-state index contributed by atoms with van der Waals surface area (Å²) in [6.45, 7) is -1.03. The average molecular weight is 378 g/mol. The molecule has 0 unspecified atom stereocenters. The molecule has 4 N–H and O–H groups in total. The summed E-state index contributed by atoms with van der Waals surface area (Å²) in [6.07, 6.45) is -4.60. The third-order valence-corrected chi connectivity index (χ3v) is 3.12. The molecule has 0 radical (unpaired) electrons. The van der Waals surface area contributed by atoms with Gasteiger partial charge in [-0.1, -0.05) is 23.7 Å². The Bertz CT molecular complexity index is 726. The van der Waals surface area contributed by atoms with E-state index in [4.69, 9.17) is 27.8 Å². The lowest BCUT2D eigenvalue weighted by Crippen LogP contribution is -2.29. The molecule has 1 aromatic rings. The van der Waals surface area contributed by atoms with Crippen LogP contribution in [0.15, 0.2) is 40.5 Å². The normalized spacial score (nSPS) is 13.2. The van der Waals surface area contributed by atoms with Gasteiger partial charge >= 0.3 is 12.1 Å². The topological polar surface area (TPSA) is 108 Å². The highest BCUT2D eigenvalue weighted by Gasteiger charge is 2.28. The summed E-state index contributed by atoms with van der Waals surface area (Å²) in [7, 11) is 0. The van der Waals surface area contributed by atoms with Gasteiger partial charge in [-0.3, -0.25) is 9.79 Å². The van der Waals surface area contributed by atoms with Crippen LogP contribution in [0.25, 0.3) is 0 Å². The molecule has 0 fully saturated rings. The Balaban J connectivity index is 2.84. The fourth-order valence-electron chi connectivity index (χ4n) is 1.69. The number of ether oxygens (including phenoxy) is 1. The summed E-state index contributed by atoms with van der Waals surface area (Å²) in [5.74, 6) is -2.49. The van der Waals surface area contributed by atoms with E-state index in [0.29, 0.717) is 0 Å². The highest BCUT2D eigenvalue weighted by atomic mass is 35.5. The maximum absolute atomic E-state index is 12.2. The standard InChI is InChI=1S/C15H15ClF3N3O3/c1-8(20)12(13(21)22-7-15(17,18)19)14(24)25-6-11(23)9-4-2-3-5-10(9)16/h2-5H,6-7,20H2,1H3,(H2,21,22). The number of Topliss-reactive ketones (excluding diaryl/α,β-unsaturated/α-hetero) is 1. The zero-order valence-corrected chi connectivity index (χ0v) is 13.8. The molecule has 0 atom stereocenters. The highest BCUT2D eigenvalue weighted by Crippen LogP contribution is 2.17. The second kappa shape index (κ2) is 8.52. The number of halogens is 4. The minimum Gasteiger partial charge on any atom is -0.454 e. The smallest absolute Gasteiger partial charge is 0.408 e. The fourth-order valence-corrected chi connectivity index (χ4v) is 1.93. The molecule has 0 aliphatic heterocycles. The number of nitrogens with zero attached hydrogens (tertiary/aromatic N) is 1.